The Morgan fingerprint density at radius 1 is 1.05 bits per heavy atom. The van der Waals surface area contributed by atoms with Gasteiger partial charge in [-0.2, -0.15) is 0 Å². The highest BCUT2D eigenvalue weighted by Gasteiger charge is 2.19. The van der Waals surface area contributed by atoms with Crippen molar-refractivity contribution in [3.8, 4) is 0 Å². The molecule has 0 saturated carbocycles. The van der Waals surface area contributed by atoms with Crippen molar-refractivity contribution < 1.29 is 5.11 Å². The number of H-pyrrole nitrogens is 1. The highest BCUT2D eigenvalue weighted by Crippen LogP contribution is 2.30. The molecule has 0 fully saturated rings. The molecule has 1 unspecified atom stereocenters. The van der Waals surface area contributed by atoms with Crippen molar-refractivity contribution in [2.24, 2.45) is 0 Å². The molecule has 0 spiro atoms. The smallest absolute Gasteiger partial charge is 0.119 e. The van der Waals surface area contributed by atoms with E-state index in [-0.39, 0.29) is 0 Å². The van der Waals surface area contributed by atoms with Gasteiger partial charge < -0.3 is 10.1 Å². The van der Waals surface area contributed by atoms with Crippen molar-refractivity contribution in [2.45, 2.75) is 46.1 Å². The average molecular weight is 255 g/mol. The van der Waals surface area contributed by atoms with Crippen LogP contribution in [0.4, 0.5) is 0 Å². The first-order chi connectivity index (χ1) is 9.08. The predicted octanol–water partition coefficient (Wildman–Crippen LogP) is 3.51. The number of hydrogen-bond donors (Lipinski definition) is 2. The van der Waals surface area contributed by atoms with Crippen LogP contribution < -0.4 is 0 Å². The minimum absolute atomic E-state index is 0.543. The summed E-state index contributed by atoms with van der Waals surface area (Å²) in [6, 6.07) is 6.43. The first-order valence-corrected chi connectivity index (χ1v) is 7.03. The van der Waals surface area contributed by atoms with Gasteiger partial charge in [0.05, 0.1) is 5.69 Å². The van der Waals surface area contributed by atoms with Gasteiger partial charge in [-0.25, -0.2) is 0 Å². The third-order valence-electron chi connectivity index (χ3n) is 4.56. The number of aromatic amines is 1. The molecule has 2 heteroatoms. The summed E-state index contributed by atoms with van der Waals surface area (Å²) in [4.78, 5) is 3.33. The van der Waals surface area contributed by atoms with Crippen LogP contribution in [-0.4, -0.2) is 10.1 Å². The zero-order valence-corrected chi connectivity index (χ0v) is 11.9. The second kappa shape index (κ2) is 4.53. The number of aliphatic hydroxyl groups is 1. The van der Waals surface area contributed by atoms with Gasteiger partial charge in [0.1, 0.15) is 6.10 Å². The van der Waals surface area contributed by atoms with Gasteiger partial charge in [0.15, 0.2) is 0 Å². The molecule has 0 bridgehead atoms. The first-order valence-electron chi connectivity index (χ1n) is 7.03. The summed E-state index contributed by atoms with van der Waals surface area (Å²) in [5.41, 5.74) is 8.37. The molecule has 1 aliphatic rings. The van der Waals surface area contributed by atoms with Crippen molar-refractivity contribution in [3.05, 3.63) is 57.4 Å². The van der Waals surface area contributed by atoms with Crippen LogP contribution in [0.3, 0.4) is 0 Å². The average Bonchev–Trinajstić information content (AvgIpc) is 2.97. The molecule has 1 atom stereocenters. The molecular weight excluding hydrogens is 234 g/mol. The zero-order valence-electron chi connectivity index (χ0n) is 11.9. The summed E-state index contributed by atoms with van der Waals surface area (Å²) in [6.45, 7) is 6.23. The molecule has 19 heavy (non-hydrogen) atoms. The van der Waals surface area contributed by atoms with Crippen LogP contribution in [-0.2, 0) is 12.8 Å². The number of hydrogen-bond acceptors (Lipinski definition) is 1. The van der Waals surface area contributed by atoms with E-state index in [2.05, 4.69) is 44.0 Å². The molecule has 2 N–H and O–H groups in total. The molecule has 0 saturated heterocycles. The molecule has 1 heterocycles. The normalized spacial score (nSPS) is 15.6. The van der Waals surface area contributed by atoms with E-state index in [0.29, 0.717) is 0 Å². The summed E-state index contributed by atoms with van der Waals surface area (Å²) in [5.74, 6) is 0. The summed E-state index contributed by atoms with van der Waals surface area (Å²) in [7, 11) is 0. The van der Waals surface area contributed by atoms with Crippen LogP contribution >= 0.6 is 0 Å². The molecule has 2 aromatic rings. The molecule has 1 aromatic heterocycles. The Morgan fingerprint density at radius 2 is 1.79 bits per heavy atom. The van der Waals surface area contributed by atoms with Crippen LogP contribution in [0.5, 0.6) is 0 Å². The van der Waals surface area contributed by atoms with Crippen molar-refractivity contribution in [2.75, 3.05) is 0 Å². The lowest BCUT2D eigenvalue weighted by molar-refractivity contribution is 0.215. The van der Waals surface area contributed by atoms with Crippen LogP contribution in [0, 0.1) is 20.8 Å². The summed E-state index contributed by atoms with van der Waals surface area (Å²) in [5, 5.41) is 10.6. The Hall–Kier alpha value is -1.54. The Kier molecular flexibility index (Phi) is 2.98. The lowest BCUT2D eigenvalue weighted by Gasteiger charge is -2.13. The van der Waals surface area contributed by atoms with Gasteiger partial charge in [0.2, 0.25) is 0 Å². The number of aliphatic hydroxyl groups excluding tert-OH is 1. The van der Waals surface area contributed by atoms with Crippen LogP contribution in [0.2, 0.25) is 0 Å². The largest absolute Gasteiger partial charge is 0.382 e. The minimum Gasteiger partial charge on any atom is -0.382 e. The molecule has 2 nitrogen and oxygen atoms in total. The van der Waals surface area contributed by atoms with Gasteiger partial charge in [0.25, 0.3) is 0 Å². The van der Waals surface area contributed by atoms with E-state index in [0.717, 1.165) is 23.4 Å². The van der Waals surface area contributed by atoms with E-state index < -0.39 is 6.10 Å². The summed E-state index contributed by atoms with van der Waals surface area (Å²) < 4.78 is 0. The summed E-state index contributed by atoms with van der Waals surface area (Å²) in [6.07, 6.45) is 3.04. The highest BCUT2D eigenvalue weighted by molar-refractivity contribution is 5.42. The van der Waals surface area contributed by atoms with Crippen molar-refractivity contribution in [1.82, 2.24) is 4.98 Å². The minimum atomic E-state index is -0.543. The highest BCUT2D eigenvalue weighted by atomic mass is 16.3. The lowest BCUT2D eigenvalue weighted by atomic mass is 9.99. The van der Waals surface area contributed by atoms with Crippen molar-refractivity contribution in [3.63, 3.8) is 0 Å². The molecule has 0 radical (unpaired) electrons. The number of aromatic nitrogens is 1. The van der Waals surface area contributed by atoms with Crippen molar-refractivity contribution in [1.29, 1.82) is 0 Å². The topological polar surface area (TPSA) is 36.0 Å². The molecular formula is C17H21NO. The SMILES string of the molecule is Cc1[nH]c(C(O)c2ccc3c(c2)CCC3)c(C)c1C. The van der Waals surface area contributed by atoms with E-state index >= 15 is 0 Å². The molecule has 3 rings (SSSR count). The molecule has 1 aliphatic carbocycles. The van der Waals surface area contributed by atoms with E-state index in [4.69, 9.17) is 0 Å². The van der Waals surface area contributed by atoms with Crippen LogP contribution in [0.1, 0.15) is 51.7 Å². The zero-order chi connectivity index (χ0) is 13.6. The third kappa shape index (κ3) is 2.00. The van der Waals surface area contributed by atoms with E-state index in [1.54, 1.807) is 0 Å². The standard InChI is InChI=1S/C17H21NO/c1-10-11(2)16(18-12(10)3)17(19)15-8-7-13-5-4-6-14(13)9-15/h7-9,17-19H,4-6H2,1-3H3. The molecule has 100 valence electrons. The number of rotatable bonds is 2. The Bertz CT molecular complexity index is 624. The maximum absolute atomic E-state index is 10.6. The quantitative estimate of drug-likeness (QED) is 0.846. The van der Waals surface area contributed by atoms with E-state index in [9.17, 15) is 5.11 Å². The number of nitrogens with one attached hydrogen (secondary N) is 1. The monoisotopic (exact) mass is 255 g/mol. The first kappa shape index (κ1) is 12.5. The maximum Gasteiger partial charge on any atom is 0.119 e. The fraction of sp³-hybridized carbons (Fsp3) is 0.412. The van der Waals surface area contributed by atoms with E-state index in [1.807, 2.05) is 0 Å². The molecule has 0 amide bonds. The Labute approximate surface area is 114 Å². The maximum atomic E-state index is 10.6. The Morgan fingerprint density at radius 3 is 2.47 bits per heavy atom. The van der Waals surface area contributed by atoms with Gasteiger partial charge in [-0.15, -0.1) is 0 Å². The number of fused-ring (bicyclic) bond motifs is 1. The lowest BCUT2D eigenvalue weighted by Crippen LogP contribution is -2.03. The number of aryl methyl sites for hydroxylation is 3. The Balaban J connectivity index is 1.99. The fourth-order valence-corrected chi connectivity index (χ4v) is 3.07. The molecule has 0 aliphatic heterocycles. The predicted molar refractivity (Wildman–Crippen MR) is 77.5 cm³/mol. The van der Waals surface area contributed by atoms with Gasteiger partial charge in [0, 0.05) is 5.69 Å². The van der Waals surface area contributed by atoms with Gasteiger partial charge >= 0.3 is 0 Å². The van der Waals surface area contributed by atoms with Gasteiger partial charge in [-0.3, -0.25) is 0 Å². The fourth-order valence-electron chi connectivity index (χ4n) is 3.07. The summed E-state index contributed by atoms with van der Waals surface area (Å²) >= 11 is 0. The second-order valence-electron chi connectivity index (χ2n) is 5.70. The van der Waals surface area contributed by atoms with Crippen LogP contribution in [0.25, 0.3) is 0 Å². The van der Waals surface area contributed by atoms with Crippen molar-refractivity contribution >= 4 is 0 Å². The second-order valence-corrected chi connectivity index (χ2v) is 5.70. The van der Waals surface area contributed by atoms with Gasteiger partial charge in [-0.05, 0) is 67.9 Å². The van der Waals surface area contributed by atoms with Gasteiger partial charge in [-0.1, -0.05) is 18.2 Å². The number of benzene rings is 1. The van der Waals surface area contributed by atoms with E-state index in [1.165, 1.54) is 35.1 Å². The molecule has 1 aromatic carbocycles. The van der Waals surface area contributed by atoms with Crippen LogP contribution in [0.15, 0.2) is 18.2 Å². The third-order valence-corrected chi connectivity index (χ3v) is 4.56.